The van der Waals surface area contributed by atoms with Crippen LogP contribution in [-0.4, -0.2) is 22.6 Å². The predicted molar refractivity (Wildman–Crippen MR) is 221 cm³/mol. The van der Waals surface area contributed by atoms with Crippen LogP contribution in [0.2, 0.25) is 19.6 Å². The predicted octanol–water partition coefficient (Wildman–Crippen LogP) is 12.0. The molecule has 0 unspecified atom stereocenters. The Morgan fingerprint density at radius 3 is 2.25 bits per heavy atom. The van der Waals surface area contributed by atoms with Crippen LogP contribution in [0.4, 0.5) is 0 Å². The van der Waals surface area contributed by atoms with Crippen LogP contribution >= 0.6 is 0 Å². The molecule has 0 amide bonds. The molecular weight excluding hydrogens is 843 g/mol. The molecule has 1 radical (unpaired) electrons. The molecule has 0 fully saturated rings. The van der Waals surface area contributed by atoms with Gasteiger partial charge in [0.05, 0.1) is 30.5 Å². The maximum atomic E-state index is 6.34. The molecule has 0 atom stereocenters. The van der Waals surface area contributed by atoms with Gasteiger partial charge in [-0.15, -0.1) is 54.1 Å². The molecule has 0 aliphatic rings. The summed E-state index contributed by atoms with van der Waals surface area (Å²) >= 11 is 0. The summed E-state index contributed by atoms with van der Waals surface area (Å²) in [5.74, 6) is 1.51. The maximum Gasteiger partial charge on any atom is 0.120 e. The van der Waals surface area contributed by atoms with Crippen LogP contribution in [0, 0.1) is 18.1 Å². The second-order valence-corrected chi connectivity index (χ2v) is 21.1. The molecule has 0 saturated heterocycles. The summed E-state index contributed by atoms with van der Waals surface area (Å²) in [7, 11) is -1.34. The topological polar surface area (TPSA) is 43.9 Å². The van der Waals surface area contributed by atoms with E-state index >= 15 is 0 Å². The number of hydrogen-bond donors (Lipinski definition) is 0. The van der Waals surface area contributed by atoms with Crippen molar-refractivity contribution in [1.82, 2.24) is 14.5 Å². The second-order valence-electron chi connectivity index (χ2n) is 16.1. The van der Waals surface area contributed by atoms with Gasteiger partial charge < -0.3 is 14.0 Å². The number of rotatable bonds is 6. The van der Waals surface area contributed by atoms with Crippen molar-refractivity contribution in [2.24, 2.45) is 5.92 Å². The van der Waals surface area contributed by atoms with Crippen LogP contribution in [-0.2, 0) is 31.9 Å². The molecule has 3 aromatic heterocycles. The third-order valence-corrected chi connectivity index (χ3v) is 11.6. The summed E-state index contributed by atoms with van der Waals surface area (Å²) in [6.07, 6.45) is 3.24. The van der Waals surface area contributed by atoms with E-state index < -0.39 is 8.07 Å². The Morgan fingerprint density at radius 2 is 1.51 bits per heavy atom. The van der Waals surface area contributed by atoms with Gasteiger partial charge in [0, 0.05) is 37.4 Å². The van der Waals surface area contributed by atoms with E-state index in [1.54, 1.807) is 0 Å². The van der Waals surface area contributed by atoms with E-state index in [-0.39, 0.29) is 25.5 Å². The van der Waals surface area contributed by atoms with E-state index in [1.807, 2.05) is 48.5 Å². The maximum absolute atomic E-state index is 6.34. The van der Waals surface area contributed by atoms with Gasteiger partial charge in [-0.2, -0.15) is 0 Å². The summed E-state index contributed by atoms with van der Waals surface area (Å²) in [6, 6.07) is 46.1. The van der Waals surface area contributed by atoms with Gasteiger partial charge in [-0.05, 0) is 58.5 Å². The van der Waals surface area contributed by atoms with Crippen LogP contribution in [0.15, 0.2) is 126 Å². The standard InChI is InChI=1S/C29H23N2O.C18H24NSi.Ir/c1-29(2,3)22-14-5-7-16-24(22)31-25-17-8-6-15-23(25)30-28(31)21-13-10-12-20-19-11-4-9-18-26(19)32-27(20)21;1-14(2)11-16-12-17(15-9-7-6-8-10-15)19-13-18(16)20(3,4)5;/h4-12,14-18H,1-3H3;6-9,12-14H,11H2,1-5H3;/q2*-1;. The molecule has 5 aromatic carbocycles. The number of aromatic nitrogens is 3. The Kier molecular flexibility index (Phi) is 11.1. The molecule has 0 saturated carbocycles. The number of furan rings is 1. The molecule has 4 nitrogen and oxygen atoms in total. The molecule has 6 heteroatoms. The number of pyridine rings is 1. The van der Waals surface area contributed by atoms with Crippen molar-refractivity contribution in [3.63, 3.8) is 0 Å². The molecule has 0 aliphatic carbocycles. The van der Waals surface area contributed by atoms with Crippen molar-refractivity contribution in [1.29, 1.82) is 0 Å². The first-order valence-electron chi connectivity index (χ1n) is 18.3. The zero-order valence-corrected chi connectivity index (χ0v) is 35.3. The molecular formula is C47H47IrN3OSi-2. The Morgan fingerprint density at radius 1 is 0.792 bits per heavy atom. The number of para-hydroxylation sites is 4. The fraction of sp³-hybridized carbons (Fsp3) is 0.234. The quantitative estimate of drug-likeness (QED) is 0.123. The summed E-state index contributed by atoms with van der Waals surface area (Å²) < 4.78 is 8.60. The van der Waals surface area contributed by atoms with Gasteiger partial charge in [0.1, 0.15) is 5.58 Å². The van der Waals surface area contributed by atoms with Gasteiger partial charge in [-0.3, -0.25) is 4.98 Å². The van der Waals surface area contributed by atoms with Crippen molar-refractivity contribution in [3.05, 3.63) is 145 Å². The van der Waals surface area contributed by atoms with E-state index in [2.05, 4.69) is 149 Å². The van der Waals surface area contributed by atoms with E-state index in [9.17, 15) is 0 Å². The Balaban J connectivity index is 0.000000199. The normalized spacial score (nSPS) is 11.9. The van der Waals surface area contributed by atoms with Crippen LogP contribution in [0.1, 0.15) is 45.7 Å². The molecule has 3 heterocycles. The van der Waals surface area contributed by atoms with Crippen LogP contribution in [0.3, 0.4) is 0 Å². The molecule has 0 spiro atoms. The van der Waals surface area contributed by atoms with Crippen molar-refractivity contribution in [3.8, 4) is 28.3 Å². The number of nitrogens with zero attached hydrogens (tertiary/aromatic N) is 3. The Bertz CT molecular complexity index is 2500. The van der Waals surface area contributed by atoms with Gasteiger partial charge in [-0.1, -0.05) is 125 Å². The number of hydrogen-bond acceptors (Lipinski definition) is 3. The first kappa shape index (κ1) is 38.1. The van der Waals surface area contributed by atoms with Crippen molar-refractivity contribution in [2.75, 3.05) is 0 Å². The number of benzene rings is 5. The molecule has 0 bridgehead atoms. The van der Waals surface area contributed by atoms with Gasteiger partial charge in [0.15, 0.2) is 0 Å². The van der Waals surface area contributed by atoms with E-state index in [4.69, 9.17) is 9.40 Å². The van der Waals surface area contributed by atoms with E-state index in [0.29, 0.717) is 5.92 Å². The smallest absolute Gasteiger partial charge is 0.120 e. The fourth-order valence-corrected chi connectivity index (χ4v) is 8.67. The third-order valence-electron chi connectivity index (χ3n) is 9.49. The SMILES string of the molecule is CC(C)(C)c1ccccc1-n1c(-c2[c-]ccc3c2oc2ccccc23)nc2ccccc21.CC(C)Cc1cc(-c2[c-]cccc2)ncc1[Si](C)(C)C.[Ir]. The van der Waals surface area contributed by atoms with Gasteiger partial charge in [0.2, 0.25) is 0 Å². The minimum absolute atomic E-state index is 0. The van der Waals surface area contributed by atoms with E-state index in [0.717, 1.165) is 67.7 Å². The van der Waals surface area contributed by atoms with Crippen LogP contribution < -0.4 is 5.19 Å². The fourth-order valence-electron chi connectivity index (χ4n) is 7.08. The minimum atomic E-state index is -1.34. The average Bonchev–Trinajstić information content (AvgIpc) is 3.70. The molecule has 271 valence electrons. The van der Waals surface area contributed by atoms with Gasteiger partial charge in [0.25, 0.3) is 0 Å². The molecule has 53 heavy (non-hydrogen) atoms. The first-order valence-corrected chi connectivity index (χ1v) is 21.8. The Hall–Kier alpha value is -4.61. The molecule has 8 aromatic rings. The van der Waals surface area contributed by atoms with Crippen molar-refractivity contribution < 1.29 is 24.5 Å². The molecule has 8 rings (SSSR count). The van der Waals surface area contributed by atoms with Gasteiger partial charge in [-0.25, -0.2) is 0 Å². The van der Waals surface area contributed by atoms with Gasteiger partial charge >= 0.3 is 0 Å². The molecule has 0 N–H and O–H groups in total. The zero-order chi connectivity index (χ0) is 36.6. The van der Waals surface area contributed by atoms with E-state index in [1.165, 1.54) is 16.3 Å². The first-order chi connectivity index (χ1) is 24.9. The average molecular weight is 890 g/mol. The van der Waals surface area contributed by atoms with Crippen LogP contribution in [0.25, 0.3) is 61.3 Å². The minimum Gasteiger partial charge on any atom is -0.501 e. The zero-order valence-electron chi connectivity index (χ0n) is 31.9. The third kappa shape index (κ3) is 7.87. The van der Waals surface area contributed by atoms with Crippen molar-refractivity contribution in [2.45, 2.75) is 66.1 Å². The number of fused-ring (bicyclic) bond motifs is 4. The second kappa shape index (κ2) is 15.4. The number of imidazole rings is 1. The largest absolute Gasteiger partial charge is 0.501 e. The van der Waals surface area contributed by atoms with Crippen molar-refractivity contribution >= 4 is 46.2 Å². The summed E-state index contributed by atoms with van der Waals surface area (Å²) in [4.78, 5) is 9.76. The Labute approximate surface area is 328 Å². The van der Waals surface area contributed by atoms with Crippen LogP contribution in [0.5, 0.6) is 0 Å². The monoisotopic (exact) mass is 890 g/mol. The summed E-state index contributed by atoms with van der Waals surface area (Å²) in [6.45, 7) is 18.5. The summed E-state index contributed by atoms with van der Waals surface area (Å²) in [5.41, 5.74) is 10.6. The summed E-state index contributed by atoms with van der Waals surface area (Å²) in [5, 5.41) is 3.68. The molecule has 0 aliphatic heterocycles.